The van der Waals surface area contributed by atoms with Crippen LogP contribution in [0.1, 0.15) is 32.3 Å². The van der Waals surface area contributed by atoms with Crippen molar-refractivity contribution in [1.82, 2.24) is 0 Å². The summed E-state index contributed by atoms with van der Waals surface area (Å²) in [5.74, 6) is 1.85. The van der Waals surface area contributed by atoms with Crippen LogP contribution >= 0.6 is 0 Å². The van der Waals surface area contributed by atoms with Crippen LogP contribution in [0, 0.1) is 17.3 Å². The van der Waals surface area contributed by atoms with Crippen LogP contribution in [0.25, 0.3) is 6.08 Å². The molecule has 2 heteroatoms. The van der Waals surface area contributed by atoms with Gasteiger partial charge in [-0.2, -0.15) is 0 Å². The molecule has 1 heterocycles. The van der Waals surface area contributed by atoms with Gasteiger partial charge in [-0.25, -0.2) is 0 Å². The van der Waals surface area contributed by atoms with E-state index in [9.17, 15) is 0 Å². The quantitative estimate of drug-likeness (QED) is 0.753. The molecule has 1 aromatic carbocycles. The molecule has 4 aliphatic rings. The third kappa shape index (κ3) is 3.61. The zero-order valence-corrected chi connectivity index (χ0v) is 15.9. The molecule has 1 aliphatic heterocycles. The molecule has 25 heavy (non-hydrogen) atoms. The molecule has 0 spiro atoms. The number of nitrogens with one attached hydrogen (secondary N) is 2. The van der Waals surface area contributed by atoms with E-state index < -0.39 is 0 Å². The Morgan fingerprint density at radius 2 is 1.76 bits per heavy atom. The van der Waals surface area contributed by atoms with Crippen molar-refractivity contribution in [2.75, 3.05) is 39.3 Å². The first-order valence-corrected chi connectivity index (χ1v) is 10.2. The molecule has 2 nitrogen and oxygen atoms in total. The molecule has 2 atom stereocenters. The molecule has 0 radical (unpaired) electrons. The molecule has 2 bridgehead atoms. The summed E-state index contributed by atoms with van der Waals surface area (Å²) >= 11 is 0. The average molecular weight is 339 g/mol. The Balaban J connectivity index is 1.22. The highest BCUT2D eigenvalue weighted by molar-refractivity contribution is 5.48. The van der Waals surface area contributed by atoms with Gasteiger partial charge in [0.2, 0.25) is 0 Å². The minimum Gasteiger partial charge on any atom is -0.322 e. The Hall–Kier alpha value is -1.38. The van der Waals surface area contributed by atoms with Crippen LogP contribution in [0.4, 0.5) is 0 Å². The summed E-state index contributed by atoms with van der Waals surface area (Å²) in [7, 11) is 0. The maximum atomic E-state index is 2.60. The molecule has 1 saturated heterocycles. The Morgan fingerprint density at radius 1 is 1.04 bits per heavy atom. The minimum atomic E-state index is 0.582. The molecule has 0 unspecified atom stereocenters. The first kappa shape index (κ1) is 17.1. The molecule has 1 saturated carbocycles. The van der Waals surface area contributed by atoms with Crippen LogP contribution in [-0.4, -0.2) is 39.3 Å². The zero-order valence-electron chi connectivity index (χ0n) is 15.9. The van der Waals surface area contributed by atoms with Crippen molar-refractivity contribution in [3.63, 3.8) is 0 Å². The average Bonchev–Trinajstić information content (AvgIpc) is 2.64. The number of rotatable bonds is 5. The maximum Gasteiger partial charge on any atom is 0.127 e. The highest BCUT2D eigenvalue weighted by Gasteiger charge is 2.51. The SMILES string of the molecule is CC1(C)[C@@H]2CC=C(C[NH+]3CC[NH+](C/C=C/c4ccccc4)CC3)[C@H]1C2. The van der Waals surface area contributed by atoms with E-state index in [1.807, 2.05) is 4.90 Å². The number of piperazine rings is 1. The van der Waals surface area contributed by atoms with Crippen molar-refractivity contribution in [3.05, 3.63) is 53.6 Å². The van der Waals surface area contributed by atoms with E-state index in [1.165, 1.54) is 57.7 Å². The Kier molecular flexibility index (Phi) is 4.84. The van der Waals surface area contributed by atoms with Gasteiger partial charge in [-0.3, -0.25) is 0 Å². The third-order valence-electron chi connectivity index (χ3n) is 7.22. The number of fused-ring (bicyclic) bond motifs is 1. The Bertz CT molecular complexity index is 635. The summed E-state index contributed by atoms with van der Waals surface area (Å²) in [5, 5.41) is 0. The number of allylic oxidation sites excluding steroid dienone is 1. The van der Waals surface area contributed by atoms with Crippen LogP contribution in [0.15, 0.2) is 48.1 Å². The smallest absolute Gasteiger partial charge is 0.127 e. The normalized spacial score (nSPS) is 33.8. The van der Waals surface area contributed by atoms with Crippen LogP contribution in [-0.2, 0) is 0 Å². The second kappa shape index (κ2) is 7.09. The summed E-state index contributed by atoms with van der Waals surface area (Å²) in [6, 6.07) is 10.7. The van der Waals surface area contributed by atoms with E-state index in [2.05, 4.69) is 62.4 Å². The minimum absolute atomic E-state index is 0.582. The van der Waals surface area contributed by atoms with E-state index >= 15 is 0 Å². The molecule has 0 aromatic heterocycles. The van der Waals surface area contributed by atoms with Crippen molar-refractivity contribution in [3.8, 4) is 0 Å². The number of quaternary nitrogens is 2. The summed E-state index contributed by atoms with van der Waals surface area (Å²) in [6.07, 6.45) is 10.0. The maximum absolute atomic E-state index is 2.60. The van der Waals surface area contributed by atoms with Crippen LogP contribution < -0.4 is 9.80 Å². The summed E-state index contributed by atoms with van der Waals surface area (Å²) in [5.41, 5.74) is 3.69. The Morgan fingerprint density at radius 3 is 2.44 bits per heavy atom. The molecule has 5 rings (SSSR count). The topological polar surface area (TPSA) is 8.88 Å². The number of benzene rings is 1. The predicted octanol–water partition coefficient (Wildman–Crippen LogP) is 1.48. The molecule has 0 amide bonds. The van der Waals surface area contributed by atoms with Gasteiger partial charge in [0.05, 0.1) is 13.1 Å². The van der Waals surface area contributed by atoms with Gasteiger partial charge in [0, 0.05) is 0 Å². The third-order valence-corrected chi connectivity index (χ3v) is 7.22. The predicted molar refractivity (Wildman–Crippen MR) is 105 cm³/mol. The lowest BCUT2D eigenvalue weighted by atomic mass is 9.49. The lowest BCUT2D eigenvalue weighted by Crippen LogP contribution is -3.28. The molecular weight excluding hydrogens is 304 g/mol. The zero-order chi connectivity index (χ0) is 17.3. The van der Waals surface area contributed by atoms with E-state index in [-0.39, 0.29) is 0 Å². The van der Waals surface area contributed by atoms with Gasteiger partial charge in [-0.15, -0.1) is 0 Å². The second-order valence-electron chi connectivity index (χ2n) is 9.02. The van der Waals surface area contributed by atoms with Crippen molar-refractivity contribution < 1.29 is 9.80 Å². The standard InChI is InChI=1S/C23H32N2/c1-23(2)21-11-10-20(22(23)17-21)18-25-15-13-24(14-16-25)12-6-9-19-7-4-3-5-8-19/h3-10,21-22H,11-18H2,1-2H3/p+2/b9-6+/t21-,22-/m1/s1. The van der Waals surface area contributed by atoms with Crippen molar-refractivity contribution in [2.45, 2.75) is 26.7 Å². The molecule has 2 fully saturated rings. The van der Waals surface area contributed by atoms with Crippen LogP contribution in [0.5, 0.6) is 0 Å². The summed E-state index contributed by atoms with van der Waals surface area (Å²) in [6.45, 7) is 12.8. The van der Waals surface area contributed by atoms with Gasteiger partial charge in [-0.05, 0) is 47.3 Å². The van der Waals surface area contributed by atoms with E-state index in [0.717, 1.165) is 11.8 Å². The highest BCUT2D eigenvalue weighted by atomic mass is 15.3. The van der Waals surface area contributed by atoms with Crippen molar-refractivity contribution in [1.29, 1.82) is 0 Å². The number of hydrogen-bond donors (Lipinski definition) is 2. The number of hydrogen-bond acceptors (Lipinski definition) is 0. The fourth-order valence-electron chi connectivity index (χ4n) is 5.23. The van der Waals surface area contributed by atoms with Crippen LogP contribution in [0.3, 0.4) is 0 Å². The second-order valence-corrected chi connectivity index (χ2v) is 9.02. The van der Waals surface area contributed by atoms with Gasteiger partial charge >= 0.3 is 0 Å². The summed E-state index contributed by atoms with van der Waals surface area (Å²) in [4.78, 5) is 3.57. The molecule has 1 aromatic rings. The monoisotopic (exact) mass is 338 g/mol. The lowest BCUT2D eigenvalue weighted by Gasteiger charge is -2.56. The largest absolute Gasteiger partial charge is 0.322 e. The van der Waals surface area contributed by atoms with Gasteiger partial charge in [-0.1, -0.05) is 56.3 Å². The fourth-order valence-corrected chi connectivity index (χ4v) is 5.23. The van der Waals surface area contributed by atoms with Gasteiger partial charge in [0.25, 0.3) is 0 Å². The summed E-state index contributed by atoms with van der Waals surface area (Å²) < 4.78 is 0. The molecule has 3 aliphatic carbocycles. The first-order chi connectivity index (χ1) is 12.1. The fraction of sp³-hybridized carbons (Fsp3) is 0.565. The van der Waals surface area contributed by atoms with Crippen LogP contribution in [0.2, 0.25) is 0 Å². The van der Waals surface area contributed by atoms with E-state index in [0.29, 0.717) is 5.41 Å². The Labute approximate surface area is 153 Å². The highest BCUT2D eigenvalue weighted by Crippen LogP contribution is 2.58. The molecule has 2 N–H and O–H groups in total. The lowest BCUT2D eigenvalue weighted by molar-refractivity contribution is -1.01. The van der Waals surface area contributed by atoms with Gasteiger partial charge in [0.15, 0.2) is 0 Å². The van der Waals surface area contributed by atoms with Gasteiger partial charge in [0.1, 0.15) is 26.2 Å². The molecular formula is C23H34N2+2. The van der Waals surface area contributed by atoms with Crippen molar-refractivity contribution >= 4 is 6.08 Å². The molecule has 134 valence electrons. The van der Waals surface area contributed by atoms with Gasteiger partial charge < -0.3 is 9.80 Å². The van der Waals surface area contributed by atoms with E-state index in [1.54, 1.807) is 10.5 Å². The first-order valence-electron chi connectivity index (χ1n) is 10.2. The van der Waals surface area contributed by atoms with Crippen molar-refractivity contribution in [2.24, 2.45) is 17.3 Å². The van der Waals surface area contributed by atoms with E-state index in [4.69, 9.17) is 0 Å².